The number of hydrogen-bond donors (Lipinski definition) is 2. The molecule has 0 amide bonds. The van der Waals surface area contributed by atoms with Crippen molar-refractivity contribution in [1.29, 1.82) is 0 Å². The van der Waals surface area contributed by atoms with Crippen molar-refractivity contribution >= 4 is 38.2 Å². The highest BCUT2D eigenvalue weighted by Gasteiger charge is 2.25. The standard InChI is InChI=1S/C18H22N6OS/c1-23-18(24-7-3-4-12(19)10-24)11(9-22-23)8-13(25)15-16-14(26-17(15)20)5-2-6-21-16/h2,5-6,9,12H,3-4,7-8,10,19-20H2,1H3/t12-/m1/s1. The number of nitrogens with zero attached hydrogens (tertiary/aromatic N) is 4. The maximum Gasteiger partial charge on any atom is 0.172 e. The van der Waals surface area contributed by atoms with Gasteiger partial charge in [0.2, 0.25) is 0 Å². The van der Waals surface area contributed by atoms with E-state index in [1.54, 1.807) is 12.4 Å². The number of carbonyl (C=O) groups is 1. The first-order chi connectivity index (χ1) is 12.5. The number of Topliss-reactive ketones (excluding diaryl/α,β-unsaturated/α-hetero) is 1. The molecule has 1 fully saturated rings. The third-order valence-corrected chi connectivity index (χ3v) is 5.81. The number of hydrogen-bond acceptors (Lipinski definition) is 7. The molecule has 1 atom stereocenters. The Kier molecular flexibility index (Phi) is 4.37. The fraction of sp³-hybridized carbons (Fsp3) is 0.389. The molecule has 0 aliphatic carbocycles. The summed E-state index contributed by atoms with van der Waals surface area (Å²) in [7, 11) is 1.90. The molecule has 0 spiro atoms. The molecule has 7 nitrogen and oxygen atoms in total. The minimum absolute atomic E-state index is 0.0250. The lowest BCUT2D eigenvalue weighted by Crippen LogP contribution is -2.44. The first kappa shape index (κ1) is 17.0. The lowest BCUT2D eigenvalue weighted by Gasteiger charge is -2.33. The summed E-state index contributed by atoms with van der Waals surface area (Å²) < 4.78 is 2.76. The molecule has 0 aromatic carbocycles. The molecule has 0 unspecified atom stereocenters. The molecule has 1 aliphatic heterocycles. The molecule has 1 saturated heterocycles. The zero-order valence-electron chi connectivity index (χ0n) is 14.7. The molecule has 8 heteroatoms. The average Bonchev–Trinajstić information content (AvgIpc) is 3.13. The van der Waals surface area contributed by atoms with E-state index in [1.165, 1.54) is 11.3 Å². The zero-order valence-corrected chi connectivity index (χ0v) is 15.5. The Bertz CT molecular complexity index is 962. The van der Waals surface area contributed by atoms with E-state index in [1.807, 2.05) is 23.9 Å². The van der Waals surface area contributed by atoms with E-state index in [-0.39, 0.29) is 18.2 Å². The summed E-state index contributed by atoms with van der Waals surface area (Å²) >= 11 is 1.40. The zero-order chi connectivity index (χ0) is 18.3. The molecule has 4 rings (SSSR count). The van der Waals surface area contributed by atoms with E-state index < -0.39 is 0 Å². The van der Waals surface area contributed by atoms with Gasteiger partial charge in [0.05, 0.1) is 27.0 Å². The number of carbonyl (C=O) groups excluding carboxylic acids is 1. The molecular formula is C18H22N6OS. The van der Waals surface area contributed by atoms with Gasteiger partial charge in [0.25, 0.3) is 0 Å². The molecule has 136 valence electrons. The van der Waals surface area contributed by atoms with Gasteiger partial charge in [-0.1, -0.05) is 0 Å². The number of anilines is 2. The minimum atomic E-state index is -0.0250. The summed E-state index contributed by atoms with van der Waals surface area (Å²) in [6.07, 6.45) is 5.79. The number of rotatable bonds is 4. The molecular weight excluding hydrogens is 348 g/mol. The minimum Gasteiger partial charge on any atom is -0.390 e. The number of piperidine rings is 1. The maximum atomic E-state index is 13.0. The molecule has 0 saturated carbocycles. The van der Waals surface area contributed by atoms with Crippen molar-refractivity contribution in [2.24, 2.45) is 12.8 Å². The first-order valence-electron chi connectivity index (χ1n) is 8.72. The fourth-order valence-corrected chi connectivity index (χ4v) is 4.64. The number of thiophene rings is 1. The first-order valence-corrected chi connectivity index (χ1v) is 9.54. The molecule has 26 heavy (non-hydrogen) atoms. The number of aryl methyl sites for hydroxylation is 1. The van der Waals surface area contributed by atoms with Crippen LogP contribution >= 0.6 is 11.3 Å². The third-order valence-electron chi connectivity index (χ3n) is 4.84. The Morgan fingerprint density at radius 2 is 2.31 bits per heavy atom. The largest absolute Gasteiger partial charge is 0.390 e. The van der Waals surface area contributed by atoms with Crippen LogP contribution in [0.2, 0.25) is 0 Å². The summed E-state index contributed by atoms with van der Waals surface area (Å²) in [5.74, 6) is 0.947. The van der Waals surface area contributed by atoms with Gasteiger partial charge in [-0.2, -0.15) is 5.10 Å². The van der Waals surface area contributed by atoms with Crippen LogP contribution in [0.25, 0.3) is 10.2 Å². The Morgan fingerprint density at radius 3 is 3.12 bits per heavy atom. The van der Waals surface area contributed by atoms with Crippen molar-refractivity contribution in [3.63, 3.8) is 0 Å². The number of pyridine rings is 1. The molecule has 4 N–H and O–H groups in total. The van der Waals surface area contributed by atoms with Crippen LogP contribution < -0.4 is 16.4 Å². The van der Waals surface area contributed by atoms with Crippen molar-refractivity contribution in [3.8, 4) is 0 Å². The smallest absolute Gasteiger partial charge is 0.172 e. The second-order valence-corrected chi connectivity index (χ2v) is 7.84. The van der Waals surface area contributed by atoms with Gasteiger partial charge in [0.15, 0.2) is 5.78 Å². The van der Waals surface area contributed by atoms with Crippen LogP contribution in [0.1, 0.15) is 28.8 Å². The van der Waals surface area contributed by atoms with Crippen LogP contribution in [-0.4, -0.2) is 39.7 Å². The predicted octanol–water partition coefficient (Wildman–Crippen LogP) is 1.96. The second kappa shape index (κ2) is 6.69. The normalized spacial score (nSPS) is 17.8. The Hall–Kier alpha value is -2.45. The van der Waals surface area contributed by atoms with Crippen LogP contribution in [0.3, 0.4) is 0 Å². The lowest BCUT2D eigenvalue weighted by atomic mass is 10.0. The van der Waals surface area contributed by atoms with Gasteiger partial charge in [-0.3, -0.25) is 14.5 Å². The monoisotopic (exact) mass is 370 g/mol. The van der Waals surface area contributed by atoms with Crippen molar-refractivity contribution in [2.75, 3.05) is 23.7 Å². The molecule has 0 bridgehead atoms. The van der Waals surface area contributed by atoms with Crippen LogP contribution in [0.4, 0.5) is 10.8 Å². The summed E-state index contributed by atoms with van der Waals surface area (Å²) in [6.45, 7) is 1.71. The summed E-state index contributed by atoms with van der Waals surface area (Å²) in [5, 5.41) is 4.90. The molecule has 1 aliphatic rings. The molecule has 3 aromatic rings. The molecule has 0 radical (unpaired) electrons. The number of aromatic nitrogens is 3. The third kappa shape index (κ3) is 2.95. The van der Waals surface area contributed by atoms with E-state index in [9.17, 15) is 4.79 Å². The second-order valence-electron chi connectivity index (χ2n) is 6.76. The van der Waals surface area contributed by atoms with E-state index in [0.717, 1.165) is 42.0 Å². The number of nitrogens with two attached hydrogens (primary N) is 2. The van der Waals surface area contributed by atoms with Gasteiger partial charge in [0, 0.05) is 44.4 Å². The predicted molar refractivity (Wildman–Crippen MR) is 105 cm³/mol. The van der Waals surface area contributed by atoms with Crippen LogP contribution in [0.5, 0.6) is 0 Å². The highest BCUT2D eigenvalue weighted by atomic mass is 32.1. The number of ketones is 1. The quantitative estimate of drug-likeness (QED) is 0.681. The van der Waals surface area contributed by atoms with E-state index in [2.05, 4.69) is 15.0 Å². The van der Waals surface area contributed by atoms with Gasteiger partial charge in [-0.15, -0.1) is 11.3 Å². The Labute approximate surface area is 155 Å². The van der Waals surface area contributed by atoms with Crippen molar-refractivity contribution in [2.45, 2.75) is 25.3 Å². The SMILES string of the molecule is Cn1ncc(CC(=O)c2c(N)sc3cccnc23)c1N1CCC[C@@H](N)C1. The van der Waals surface area contributed by atoms with E-state index in [4.69, 9.17) is 11.5 Å². The maximum absolute atomic E-state index is 13.0. The van der Waals surface area contributed by atoms with Gasteiger partial charge in [-0.05, 0) is 25.0 Å². The highest BCUT2D eigenvalue weighted by Crippen LogP contribution is 2.33. The van der Waals surface area contributed by atoms with E-state index >= 15 is 0 Å². The Balaban J connectivity index is 1.65. The summed E-state index contributed by atoms with van der Waals surface area (Å²) in [6, 6.07) is 3.94. The topological polar surface area (TPSA) is 103 Å². The van der Waals surface area contributed by atoms with Gasteiger partial charge < -0.3 is 16.4 Å². The number of fused-ring (bicyclic) bond motifs is 1. The van der Waals surface area contributed by atoms with Crippen molar-refractivity contribution < 1.29 is 4.79 Å². The molecule has 3 aromatic heterocycles. The fourth-order valence-electron chi connectivity index (χ4n) is 3.69. The number of nitrogen functional groups attached to an aromatic ring is 1. The molecule has 4 heterocycles. The van der Waals surface area contributed by atoms with E-state index in [0.29, 0.717) is 16.1 Å². The van der Waals surface area contributed by atoms with Crippen LogP contribution in [-0.2, 0) is 13.5 Å². The van der Waals surface area contributed by atoms with Crippen molar-refractivity contribution in [1.82, 2.24) is 14.8 Å². The highest BCUT2D eigenvalue weighted by molar-refractivity contribution is 7.23. The van der Waals surface area contributed by atoms with Crippen molar-refractivity contribution in [3.05, 3.63) is 35.7 Å². The van der Waals surface area contributed by atoms with Gasteiger partial charge in [0.1, 0.15) is 5.82 Å². The van der Waals surface area contributed by atoms with Crippen LogP contribution in [0, 0.1) is 0 Å². The summed E-state index contributed by atoms with van der Waals surface area (Å²) in [5.41, 5.74) is 14.4. The lowest BCUT2D eigenvalue weighted by molar-refractivity contribution is 0.0995. The van der Waals surface area contributed by atoms with Gasteiger partial charge >= 0.3 is 0 Å². The average molecular weight is 370 g/mol. The van der Waals surface area contributed by atoms with Crippen LogP contribution in [0.15, 0.2) is 24.5 Å². The summed E-state index contributed by atoms with van der Waals surface area (Å²) in [4.78, 5) is 19.6. The Morgan fingerprint density at radius 1 is 1.46 bits per heavy atom. The van der Waals surface area contributed by atoms with Gasteiger partial charge in [-0.25, -0.2) is 0 Å².